The van der Waals surface area contributed by atoms with E-state index in [1.54, 1.807) is 12.1 Å². The number of rotatable bonds is 10. The van der Waals surface area contributed by atoms with Gasteiger partial charge in [0.2, 0.25) is 0 Å². The smallest absolute Gasteiger partial charge is 0.422 e. The largest absolute Gasteiger partial charge is 0.493 e. The zero-order valence-electron chi connectivity index (χ0n) is 15.1. The molecule has 0 aromatic heterocycles. The summed E-state index contributed by atoms with van der Waals surface area (Å²) in [5, 5.41) is 3.04. The van der Waals surface area contributed by atoms with Crippen LogP contribution in [0.1, 0.15) is 38.2 Å². The van der Waals surface area contributed by atoms with Gasteiger partial charge in [-0.15, -0.1) is 24.0 Å². The average Bonchev–Trinajstić information content (AvgIpc) is 2.57. The van der Waals surface area contributed by atoms with E-state index in [2.05, 4.69) is 17.2 Å². The number of nitrogens with zero attached hydrogens (tertiary/aromatic N) is 1. The molecule has 0 aliphatic heterocycles. The molecular weight excluding hydrogens is 462 g/mol. The Kier molecular flexibility index (Phi) is 12.2. The second-order valence-corrected chi connectivity index (χ2v) is 5.58. The number of alkyl halides is 3. The number of nitrogens with one attached hydrogen (secondary N) is 1. The van der Waals surface area contributed by atoms with Gasteiger partial charge in [0.25, 0.3) is 0 Å². The molecule has 0 aliphatic rings. The van der Waals surface area contributed by atoms with Crippen molar-refractivity contribution in [2.24, 2.45) is 10.7 Å². The summed E-state index contributed by atoms with van der Waals surface area (Å²) >= 11 is 0. The number of unbranched alkanes of at least 4 members (excludes halogenated alkanes) is 3. The predicted molar refractivity (Wildman–Crippen MR) is 107 cm³/mol. The van der Waals surface area contributed by atoms with Gasteiger partial charge in [0, 0.05) is 6.54 Å². The van der Waals surface area contributed by atoms with Crippen molar-refractivity contribution in [1.82, 2.24) is 5.32 Å². The summed E-state index contributed by atoms with van der Waals surface area (Å²) in [7, 11) is 1.37. The SMILES string of the molecule is CCCCCCNC(N)=NCc1ccc(OCC(F)(F)F)c(OC)c1.I. The summed E-state index contributed by atoms with van der Waals surface area (Å²) in [4.78, 5) is 4.21. The van der Waals surface area contributed by atoms with Crippen LogP contribution in [0, 0.1) is 0 Å². The molecule has 0 fully saturated rings. The fourth-order valence-corrected chi connectivity index (χ4v) is 2.09. The van der Waals surface area contributed by atoms with Crippen molar-refractivity contribution in [2.75, 3.05) is 20.3 Å². The highest BCUT2D eigenvalue weighted by Gasteiger charge is 2.29. The summed E-state index contributed by atoms with van der Waals surface area (Å²) in [6.45, 7) is 1.85. The van der Waals surface area contributed by atoms with Crippen molar-refractivity contribution in [3.63, 3.8) is 0 Å². The van der Waals surface area contributed by atoms with Gasteiger partial charge in [0.05, 0.1) is 13.7 Å². The van der Waals surface area contributed by atoms with E-state index in [4.69, 9.17) is 15.2 Å². The molecule has 0 spiro atoms. The number of nitrogens with two attached hydrogens (primary N) is 1. The van der Waals surface area contributed by atoms with Gasteiger partial charge in [0.15, 0.2) is 24.1 Å². The molecule has 0 amide bonds. The first-order valence-electron chi connectivity index (χ1n) is 8.26. The zero-order valence-corrected chi connectivity index (χ0v) is 17.4. The van der Waals surface area contributed by atoms with E-state index < -0.39 is 12.8 Å². The van der Waals surface area contributed by atoms with Crippen molar-refractivity contribution < 1.29 is 22.6 Å². The lowest BCUT2D eigenvalue weighted by Gasteiger charge is -2.13. The molecule has 1 rings (SSSR count). The van der Waals surface area contributed by atoms with Crippen LogP contribution >= 0.6 is 24.0 Å². The molecule has 0 unspecified atom stereocenters. The monoisotopic (exact) mass is 489 g/mol. The van der Waals surface area contributed by atoms with E-state index >= 15 is 0 Å². The van der Waals surface area contributed by atoms with E-state index in [9.17, 15) is 13.2 Å². The summed E-state index contributed by atoms with van der Waals surface area (Å²) in [5.74, 6) is 0.602. The number of hydrogen-bond acceptors (Lipinski definition) is 3. The third-order valence-corrected chi connectivity index (χ3v) is 3.39. The maximum atomic E-state index is 12.2. The summed E-state index contributed by atoms with van der Waals surface area (Å²) in [6, 6.07) is 4.65. The van der Waals surface area contributed by atoms with Crippen LogP contribution < -0.4 is 20.5 Å². The Morgan fingerprint density at radius 3 is 2.54 bits per heavy atom. The van der Waals surface area contributed by atoms with Crippen LogP contribution in [0.3, 0.4) is 0 Å². The van der Waals surface area contributed by atoms with Crippen LogP contribution in [0.25, 0.3) is 0 Å². The fourth-order valence-electron chi connectivity index (χ4n) is 2.09. The molecule has 0 atom stereocenters. The third-order valence-electron chi connectivity index (χ3n) is 3.39. The van der Waals surface area contributed by atoms with Crippen molar-refractivity contribution in [1.29, 1.82) is 0 Å². The number of ether oxygens (including phenoxy) is 2. The van der Waals surface area contributed by atoms with Gasteiger partial charge in [-0.1, -0.05) is 32.3 Å². The molecule has 0 bridgehead atoms. The lowest BCUT2D eigenvalue weighted by atomic mass is 10.2. The van der Waals surface area contributed by atoms with Gasteiger partial charge in [-0.2, -0.15) is 13.2 Å². The van der Waals surface area contributed by atoms with Crippen LogP contribution in [0.15, 0.2) is 23.2 Å². The number of benzene rings is 1. The van der Waals surface area contributed by atoms with E-state index in [-0.39, 0.29) is 35.5 Å². The summed E-state index contributed by atoms with van der Waals surface area (Å²) in [6.07, 6.45) is 0.150. The average molecular weight is 489 g/mol. The standard InChI is InChI=1S/C17H26F3N3O2.HI/c1-3-4-5-6-9-22-16(21)23-11-13-7-8-14(15(10-13)24-2)25-12-17(18,19)20;/h7-8,10H,3-6,9,11-12H2,1-2H3,(H3,21,22,23);1H. The minimum Gasteiger partial charge on any atom is -0.493 e. The molecule has 150 valence electrons. The maximum absolute atomic E-state index is 12.2. The minimum atomic E-state index is -4.40. The zero-order chi connectivity index (χ0) is 18.7. The minimum absolute atomic E-state index is 0. The number of hydrogen-bond donors (Lipinski definition) is 2. The predicted octanol–water partition coefficient (Wildman–Crippen LogP) is 4.24. The molecule has 0 radical (unpaired) electrons. The first-order chi connectivity index (χ1) is 11.9. The summed E-state index contributed by atoms with van der Waals surface area (Å²) < 4.78 is 46.5. The van der Waals surface area contributed by atoms with Crippen molar-refractivity contribution in [2.45, 2.75) is 45.3 Å². The molecule has 0 heterocycles. The normalized spacial score (nSPS) is 11.7. The van der Waals surface area contributed by atoms with Crippen LogP contribution in [-0.2, 0) is 6.54 Å². The molecule has 0 aliphatic carbocycles. The van der Waals surface area contributed by atoms with Crippen LogP contribution in [0.2, 0.25) is 0 Å². The third kappa shape index (κ3) is 10.6. The molecular formula is C17H27F3IN3O2. The van der Waals surface area contributed by atoms with Gasteiger partial charge < -0.3 is 20.5 Å². The Balaban J connectivity index is 0.00000625. The van der Waals surface area contributed by atoms with Crippen molar-refractivity contribution >= 4 is 29.9 Å². The molecule has 1 aromatic rings. The molecule has 3 N–H and O–H groups in total. The number of guanidine groups is 1. The van der Waals surface area contributed by atoms with Crippen molar-refractivity contribution in [3.8, 4) is 11.5 Å². The molecule has 9 heteroatoms. The molecule has 5 nitrogen and oxygen atoms in total. The van der Waals surface area contributed by atoms with E-state index in [1.165, 1.54) is 26.0 Å². The Labute approximate surface area is 169 Å². The van der Waals surface area contributed by atoms with Gasteiger partial charge in [-0.25, -0.2) is 4.99 Å². The Hall–Kier alpha value is -1.39. The Morgan fingerprint density at radius 2 is 1.92 bits per heavy atom. The topological polar surface area (TPSA) is 68.9 Å². The number of methoxy groups -OCH3 is 1. The number of aliphatic imine (C=N–C) groups is 1. The maximum Gasteiger partial charge on any atom is 0.422 e. The van der Waals surface area contributed by atoms with Gasteiger partial charge >= 0.3 is 6.18 Å². The van der Waals surface area contributed by atoms with E-state index in [1.807, 2.05) is 0 Å². The van der Waals surface area contributed by atoms with E-state index in [0.29, 0.717) is 12.5 Å². The van der Waals surface area contributed by atoms with Crippen molar-refractivity contribution in [3.05, 3.63) is 23.8 Å². The second kappa shape index (κ2) is 12.9. The first-order valence-corrected chi connectivity index (χ1v) is 8.26. The fraction of sp³-hybridized carbons (Fsp3) is 0.588. The molecule has 26 heavy (non-hydrogen) atoms. The highest BCUT2D eigenvalue weighted by molar-refractivity contribution is 14.0. The van der Waals surface area contributed by atoms with Crippen LogP contribution in [0.5, 0.6) is 11.5 Å². The molecule has 0 saturated carbocycles. The first kappa shape index (κ1) is 24.6. The molecule has 0 saturated heterocycles. The quantitative estimate of drug-likeness (QED) is 0.223. The highest BCUT2D eigenvalue weighted by Crippen LogP contribution is 2.30. The van der Waals surface area contributed by atoms with Crippen LogP contribution in [0.4, 0.5) is 13.2 Å². The Morgan fingerprint density at radius 1 is 1.19 bits per heavy atom. The van der Waals surface area contributed by atoms with Gasteiger partial charge in [0.1, 0.15) is 0 Å². The lowest BCUT2D eigenvalue weighted by Crippen LogP contribution is -2.32. The van der Waals surface area contributed by atoms with Gasteiger partial charge in [-0.05, 0) is 24.1 Å². The van der Waals surface area contributed by atoms with Gasteiger partial charge in [-0.3, -0.25) is 0 Å². The lowest BCUT2D eigenvalue weighted by molar-refractivity contribution is -0.153. The van der Waals surface area contributed by atoms with Crippen LogP contribution in [-0.4, -0.2) is 32.4 Å². The second-order valence-electron chi connectivity index (χ2n) is 5.58. The Bertz CT molecular complexity index is 555. The number of halogens is 4. The molecule has 1 aromatic carbocycles. The summed E-state index contributed by atoms with van der Waals surface area (Å²) in [5.41, 5.74) is 6.55. The highest BCUT2D eigenvalue weighted by atomic mass is 127. The van der Waals surface area contributed by atoms with E-state index in [0.717, 1.165) is 24.9 Å².